The topological polar surface area (TPSA) is 113 Å². The van der Waals surface area contributed by atoms with Gasteiger partial charge in [0.25, 0.3) is 15.9 Å². The fraction of sp³-hybridized carbons (Fsp3) is 0.242. The molecular weight excluding hydrogens is 550 g/mol. The summed E-state index contributed by atoms with van der Waals surface area (Å²) in [6, 6.07) is 27.6. The first-order valence-corrected chi connectivity index (χ1v) is 15.5. The van der Waals surface area contributed by atoms with Crippen molar-refractivity contribution in [2.24, 2.45) is 5.92 Å². The second-order valence-corrected chi connectivity index (χ2v) is 11.8. The molecule has 2 N–H and O–H groups in total. The highest BCUT2D eigenvalue weighted by atomic mass is 32.2. The summed E-state index contributed by atoms with van der Waals surface area (Å²) in [5.74, 6) is -2.83. The van der Waals surface area contributed by atoms with Gasteiger partial charge in [-0.3, -0.25) is 14.4 Å². The van der Waals surface area contributed by atoms with Gasteiger partial charge in [0.05, 0.1) is 4.90 Å². The van der Waals surface area contributed by atoms with Crippen molar-refractivity contribution in [1.82, 2.24) is 9.62 Å². The van der Waals surface area contributed by atoms with Crippen LogP contribution in [0.1, 0.15) is 42.6 Å². The van der Waals surface area contributed by atoms with Crippen LogP contribution >= 0.6 is 0 Å². The SMILES string of the molecule is CCCN(CCC)C(=O)C(Cc1ccc(NC(=O)c2ccccc2)cc1)C(=O)NS(=O)(=O)c1ccc2ccccc2c1. The molecule has 1 unspecified atom stereocenters. The summed E-state index contributed by atoms with van der Waals surface area (Å²) in [4.78, 5) is 41.2. The minimum absolute atomic E-state index is 0.00521. The molecule has 4 rings (SSSR count). The molecule has 4 aromatic rings. The molecule has 0 aliphatic rings. The fourth-order valence-electron chi connectivity index (χ4n) is 4.73. The van der Waals surface area contributed by atoms with E-state index in [1.807, 2.05) is 32.0 Å². The molecule has 1 atom stereocenters. The summed E-state index contributed by atoms with van der Waals surface area (Å²) in [6.07, 6.45) is 1.39. The fourth-order valence-corrected chi connectivity index (χ4v) is 5.79. The van der Waals surface area contributed by atoms with Gasteiger partial charge in [-0.1, -0.05) is 74.5 Å². The molecule has 4 aromatic carbocycles. The second kappa shape index (κ2) is 13.9. The van der Waals surface area contributed by atoms with E-state index in [-0.39, 0.29) is 17.2 Å². The molecule has 0 aliphatic heterocycles. The summed E-state index contributed by atoms with van der Waals surface area (Å²) in [7, 11) is -4.24. The zero-order valence-corrected chi connectivity index (χ0v) is 24.6. The van der Waals surface area contributed by atoms with Crippen LogP contribution in [0.15, 0.2) is 102 Å². The Bertz CT molecular complexity index is 1650. The first-order valence-electron chi connectivity index (χ1n) is 14.0. The molecule has 3 amide bonds. The average Bonchev–Trinajstić information content (AvgIpc) is 3.00. The Balaban J connectivity index is 1.56. The van der Waals surface area contributed by atoms with E-state index in [2.05, 4.69) is 10.0 Å². The molecule has 218 valence electrons. The van der Waals surface area contributed by atoms with Crippen molar-refractivity contribution in [1.29, 1.82) is 0 Å². The third kappa shape index (κ3) is 7.61. The van der Waals surface area contributed by atoms with E-state index in [9.17, 15) is 22.8 Å². The van der Waals surface area contributed by atoms with E-state index in [1.165, 1.54) is 12.1 Å². The van der Waals surface area contributed by atoms with Crippen molar-refractivity contribution in [3.63, 3.8) is 0 Å². The number of nitrogens with one attached hydrogen (secondary N) is 2. The molecule has 8 nitrogen and oxygen atoms in total. The van der Waals surface area contributed by atoms with Crippen LogP contribution in [0, 0.1) is 5.92 Å². The van der Waals surface area contributed by atoms with E-state index < -0.39 is 27.8 Å². The minimum atomic E-state index is -4.24. The maximum absolute atomic E-state index is 13.6. The Morgan fingerprint density at radius 1 is 0.762 bits per heavy atom. The van der Waals surface area contributed by atoms with Crippen LogP contribution in [0.2, 0.25) is 0 Å². The van der Waals surface area contributed by atoms with Gasteiger partial charge in [-0.2, -0.15) is 0 Å². The molecule has 0 aliphatic carbocycles. The number of carbonyl (C=O) groups is 3. The first kappa shape index (κ1) is 30.5. The van der Waals surface area contributed by atoms with Gasteiger partial charge in [0, 0.05) is 24.3 Å². The summed E-state index contributed by atoms with van der Waals surface area (Å²) in [5, 5.41) is 4.41. The number of rotatable bonds is 12. The van der Waals surface area contributed by atoms with E-state index in [0.29, 0.717) is 42.7 Å². The molecule has 0 heterocycles. The van der Waals surface area contributed by atoms with Crippen molar-refractivity contribution in [3.05, 3.63) is 108 Å². The van der Waals surface area contributed by atoms with Gasteiger partial charge in [-0.15, -0.1) is 0 Å². The number of anilines is 1. The Morgan fingerprint density at radius 3 is 2.02 bits per heavy atom. The predicted octanol–water partition coefficient (Wildman–Crippen LogP) is 5.40. The lowest BCUT2D eigenvalue weighted by molar-refractivity contribution is -0.141. The van der Waals surface area contributed by atoms with Gasteiger partial charge in [0.15, 0.2) is 0 Å². The summed E-state index contributed by atoms with van der Waals surface area (Å²) in [5.41, 5.74) is 1.72. The van der Waals surface area contributed by atoms with E-state index in [0.717, 1.165) is 10.8 Å². The molecule has 9 heteroatoms. The molecule has 0 saturated carbocycles. The molecule has 0 fully saturated rings. The van der Waals surface area contributed by atoms with Gasteiger partial charge >= 0.3 is 0 Å². The van der Waals surface area contributed by atoms with Crippen molar-refractivity contribution in [2.75, 3.05) is 18.4 Å². The van der Waals surface area contributed by atoms with E-state index >= 15 is 0 Å². The molecule has 0 saturated heterocycles. The molecule has 0 aromatic heterocycles. The minimum Gasteiger partial charge on any atom is -0.342 e. The van der Waals surface area contributed by atoms with Gasteiger partial charge < -0.3 is 10.2 Å². The van der Waals surface area contributed by atoms with Crippen LogP contribution in [0.3, 0.4) is 0 Å². The third-order valence-corrected chi connectivity index (χ3v) is 8.21. The van der Waals surface area contributed by atoms with Gasteiger partial charge in [-0.05, 0) is 72.0 Å². The number of fused-ring (bicyclic) bond motifs is 1. The number of carbonyl (C=O) groups excluding carboxylic acids is 3. The lowest BCUT2D eigenvalue weighted by atomic mass is 9.96. The maximum atomic E-state index is 13.6. The summed E-state index contributed by atoms with van der Waals surface area (Å²) < 4.78 is 28.7. The Hall–Kier alpha value is -4.50. The number of sulfonamides is 1. The van der Waals surface area contributed by atoms with Gasteiger partial charge in [-0.25, -0.2) is 13.1 Å². The predicted molar refractivity (Wildman–Crippen MR) is 164 cm³/mol. The first-order chi connectivity index (χ1) is 20.2. The Labute approximate surface area is 246 Å². The Kier molecular flexibility index (Phi) is 10.1. The highest BCUT2D eigenvalue weighted by molar-refractivity contribution is 7.90. The monoisotopic (exact) mass is 585 g/mol. The van der Waals surface area contributed by atoms with Crippen molar-refractivity contribution in [3.8, 4) is 0 Å². The normalized spacial score (nSPS) is 12.0. The van der Waals surface area contributed by atoms with Crippen molar-refractivity contribution in [2.45, 2.75) is 38.0 Å². The third-order valence-electron chi connectivity index (χ3n) is 6.87. The van der Waals surface area contributed by atoms with Gasteiger partial charge in [0.2, 0.25) is 11.8 Å². The van der Waals surface area contributed by atoms with Crippen LogP contribution < -0.4 is 10.0 Å². The van der Waals surface area contributed by atoms with Crippen LogP contribution in [-0.4, -0.2) is 44.1 Å². The second-order valence-electron chi connectivity index (χ2n) is 10.1. The number of nitrogens with zero attached hydrogens (tertiary/aromatic N) is 1. The Morgan fingerprint density at radius 2 is 1.38 bits per heavy atom. The number of hydrogen-bond acceptors (Lipinski definition) is 5. The zero-order chi connectivity index (χ0) is 30.1. The van der Waals surface area contributed by atoms with Crippen LogP contribution in [0.4, 0.5) is 5.69 Å². The molecule has 0 bridgehead atoms. The molecular formula is C33H35N3O5S. The highest BCUT2D eigenvalue weighted by Crippen LogP contribution is 2.21. The number of hydrogen-bond donors (Lipinski definition) is 2. The summed E-state index contributed by atoms with van der Waals surface area (Å²) >= 11 is 0. The lowest BCUT2D eigenvalue weighted by Crippen LogP contribution is -2.46. The van der Waals surface area contributed by atoms with Gasteiger partial charge in [0.1, 0.15) is 5.92 Å². The summed E-state index contributed by atoms with van der Waals surface area (Å²) in [6.45, 7) is 4.80. The number of benzene rings is 4. The van der Waals surface area contributed by atoms with E-state index in [4.69, 9.17) is 0 Å². The van der Waals surface area contributed by atoms with Crippen molar-refractivity contribution >= 4 is 44.2 Å². The van der Waals surface area contributed by atoms with Crippen LogP contribution in [0.25, 0.3) is 10.8 Å². The quantitative estimate of drug-likeness (QED) is 0.216. The van der Waals surface area contributed by atoms with Crippen molar-refractivity contribution < 1.29 is 22.8 Å². The molecule has 42 heavy (non-hydrogen) atoms. The average molecular weight is 586 g/mol. The number of amides is 3. The van der Waals surface area contributed by atoms with Crippen LogP contribution in [-0.2, 0) is 26.0 Å². The largest absolute Gasteiger partial charge is 0.342 e. The zero-order valence-electron chi connectivity index (χ0n) is 23.7. The van der Waals surface area contributed by atoms with Crippen LogP contribution in [0.5, 0.6) is 0 Å². The van der Waals surface area contributed by atoms with E-state index in [1.54, 1.807) is 71.6 Å². The standard InChI is InChI=1S/C33H35N3O5S/c1-3-20-36(21-4-2)33(39)30(22-24-14-17-28(18-15-24)34-31(37)26-11-6-5-7-12-26)32(38)35-42(40,41)29-19-16-25-10-8-9-13-27(25)23-29/h5-19,23,30H,3-4,20-22H2,1-2H3,(H,34,37)(H,35,38). The maximum Gasteiger partial charge on any atom is 0.264 e. The highest BCUT2D eigenvalue weighted by Gasteiger charge is 2.33. The lowest BCUT2D eigenvalue weighted by Gasteiger charge is -2.26. The molecule has 0 radical (unpaired) electrons. The molecule has 0 spiro atoms. The smallest absolute Gasteiger partial charge is 0.264 e.